The minimum absolute atomic E-state index is 0.328. The monoisotopic (exact) mass is 250 g/mol. The van der Waals surface area contributed by atoms with Crippen LogP contribution in [0.1, 0.15) is 17.3 Å². The van der Waals surface area contributed by atoms with Crippen LogP contribution in [0, 0.1) is 0 Å². The summed E-state index contributed by atoms with van der Waals surface area (Å²) in [7, 11) is 0. The highest BCUT2D eigenvalue weighted by Crippen LogP contribution is 2.29. The van der Waals surface area contributed by atoms with Crippen LogP contribution in [-0.4, -0.2) is 38.9 Å². The van der Waals surface area contributed by atoms with Crippen LogP contribution in [0.25, 0.3) is 0 Å². The molecule has 0 atom stereocenters. The highest BCUT2D eigenvalue weighted by Gasteiger charge is 2.21. The van der Waals surface area contributed by atoms with Crippen molar-refractivity contribution in [2.45, 2.75) is 6.92 Å². The molecule has 5 heteroatoms. The third kappa shape index (κ3) is 2.56. The van der Waals surface area contributed by atoms with Crippen LogP contribution in [0.15, 0.2) is 18.2 Å². The van der Waals surface area contributed by atoms with Crippen molar-refractivity contribution < 1.29 is 14.3 Å². The zero-order valence-corrected chi connectivity index (χ0v) is 10.5. The zero-order valence-electron chi connectivity index (χ0n) is 10.5. The van der Waals surface area contributed by atoms with Gasteiger partial charge in [0, 0.05) is 13.1 Å². The smallest absolute Gasteiger partial charge is 0.340 e. The Balaban J connectivity index is 2.34. The van der Waals surface area contributed by atoms with E-state index < -0.39 is 0 Å². The van der Waals surface area contributed by atoms with E-state index in [0.717, 1.165) is 18.8 Å². The van der Waals surface area contributed by atoms with Gasteiger partial charge < -0.3 is 20.1 Å². The minimum Gasteiger partial charge on any atom is -0.462 e. The normalized spacial score (nSPS) is 15.5. The Labute approximate surface area is 106 Å². The van der Waals surface area contributed by atoms with Gasteiger partial charge in [-0.05, 0) is 19.1 Å². The second-order valence-electron chi connectivity index (χ2n) is 4.06. The van der Waals surface area contributed by atoms with Crippen molar-refractivity contribution in [1.82, 2.24) is 0 Å². The number of carbonyl (C=O) groups is 1. The van der Waals surface area contributed by atoms with Crippen LogP contribution >= 0.6 is 0 Å². The Hall–Kier alpha value is -1.75. The van der Waals surface area contributed by atoms with E-state index in [-0.39, 0.29) is 5.97 Å². The first-order valence-corrected chi connectivity index (χ1v) is 6.12. The summed E-state index contributed by atoms with van der Waals surface area (Å²) in [5.74, 6) is -0.328. The van der Waals surface area contributed by atoms with E-state index in [9.17, 15) is 4.79 Å². The van der Waals surface area contributed by atoms with E-state index in [1.807, 2.05) is 0 Å². The van der Waals surface area contributed by atoms with Crippen LogP contribution in [0.3, 0.4) is 0 Å². The summed E-state index contributed by atoms with van der Waals surface area (Å²) in [5.41, 5.74) is 7.89. The molecule has 0 unspecified atom stereocenters. The maximum atomic E-state index is 11.9. The fraction of sp³-hybridized carbons (Fsp3) is 0.462. The second kappa shape index (κ2) is 5.73. The van der Waals surface area contributed by atoms with E-state index in [4.69, 9.17) is 15.2 Å². The number of hydrogen-bond acceptors (Lipinski definition) is 5. The Morgan fingerprint density at radius 1 is 1.44 bits per heavy atom. The van der Waals surface area contributed by atoms with Crippen molar-refractivity contribution in [1.29, 1.82) is 0 Å². The van der Waals surface area contributed by atoms with E-state index in [1.165, 1.54) is 0 Å². The number of ether oxygens (including phenoxy) is 2. The first-order valence-electron chi connectivity index (χ1n) is 6.12. The average Bonchev–Trinajstić information content (AvgIpc) is 2.39. The number of hydrogen-bond donors (Lipinski definition) is 1. The predicted octanol–water partition coefficient (Wildman–Crippen LogP) is 1.28. The molecule has 2 N–H and O–H groups in total. The SMILES string of the molecule is CCOC(=O)c1cccc(N)c1N1CCOCC1. The first-order chi connectivity index (χ1) is 8.74. The number of nitrogens with two attached hydrogens (primary N) is 1. The van der Waals surface area contributed by atoms with E-state index in [1.54, 1.807) is 25.1 Å². The fourth-order valence-electron chi connectivity index (χ4n) is 2.07. The van der Waals surface area contributed by atoms with Gasteiger partial charge in [0.25, 0.3) is 0 Å². The molecule has 0 bridgehead atoms. The summed E-state index contributed by atoms with van der Waals surface area (Å²) in [5, 5.41) is 0. The van der Waals surface area contributed by atoms with E-state index in [2.05, 4.69) is 4.90 Å². The number of para-hydroxylation sites is 1. The first kappa shape index (κ1) is 12.7. The summed E-state index contributed by atoms with van der Waals surface area (Å²) in [4.78, 5) is 14.0. The number of anilines is 2. The third-order valence-electron chi connectivity index (χ3n) is 2.89. The van der Waals surface area contributed by atoms with Crippen molar-refractivity contribution >= 4 is 17.3 Å². The summed E-state index contributed by atoms with van der Waals surface area (Å²) < 4.78 is 10.4. The van der Waals surface area contributed by atoms with Crippen molar-refractivity contribution in [3.05, 3.63) is 23.8 Å². The number of esters is 1. The lowest BCUT2D eigenvalue weighted by Crippen LogP contribution is -2.37. The van der Waals surface area contributed by atoms with Crippen LogP contribution in [0.4, 0.5) is 11.4 Å². The fourth-order valence-corrected chi connectivity index (χ4v) is 2.07. The number of benzene rings is 1. The molecule has 5 nitrogen and oxygen atoms in total. The molecule has 0 aliphatic carbocycles. The van der Waals surface area contributed by atoms with Crippen LogP contribution in [-0.2, 0) is 9.47 Å². The number of morpholine rings is 1. The van der Waals surface area contributed by atoms with Crippen LogP contribution < -0.4 is 10.6 Å². The van der Waals surface area contributed by atoms with Gasteiger partial charge in [0.15, 0.2) is 0 Å². The van der Waals surface area contributed by atoms with Gasteiger partial charge in [0.05, 0.1) is 36.8 Å². The molecule has 2 rings (SSSR count). The lowest BCUT2D eigenvalue weighted by molar-refractivity contribution is 0.0526. The molecule has 1 fully saturated rings. The predicted molar refractivity (Wildman–Crippen MR) is 69.8 cm³/mol. The zero-order chi connectivity index (χ0) is 13.0. The maximum absolute atomic E-state index is 11.9. The third-order valence-corrected chi connectivity index (χ3v) is 2.89. The summed E-state index contributed by atoms with van der Waals surface area (Å²) in [6.45, 7) is 4.92. The topological polar surface area (TPSA) is 64.8 Å². The molecule has 0 aromatic heterocycles. The van der Waals surface area contributed by atoms with Crippen molar-refractivity contribution in [3.8, 4) is 0 Å². The molecule has 1 saturated heterocycles. The molecule has 0 amide bonds. The Kier molecular flexibility index (Phi) is 4.04. The molecule has 1 heterocycles. The largest absolute Gasteiger partial charge is 0.462 e. The quantitative estimate of drug-likeness (QED) is 0.646. The van der Waals surface area contributed by atoms with Gasteiger partial charge in [0.1, 0.15) is 0 Å². The Morgan fingerprint density at radius 2 is 2.17 bits per heavy atom. The van der Waals surface area contributed by atoms with E-state index >= 15 is 0 Å². The summed E-state index contributed by atoms with van der Waals surface area (Å²) in [6, 6.07) is 5.32. The lowest BCUT2D eigenvalue weighted by Gasteiger charge is -2.31. The Morgan fingerprint density at radius 3 is 2.83 bits per heavy atom. The molecular formula is C13H18N2O3. The molecule has 1 aromatic rings. The minimum atomic E-state index is -0.328. The van der Waals surface area contributed by atoms with Crippen LogP contribution in [0.2, 0.25) is 0 Å². The van der Waals surface area contributed by atoms with Gasteiger partial charge >= 0.3 is 5.97 Å². The summed E-state index contributed by atoms with van der Waals surface area (Å²) in [6.07, 6.45) is 0. The number of rotatable bonds is 3. The van der Waals surface area contributed by atoms with E-state index in [0.29, 0.717) is 31.1 Å². The molecule has 1 aliphatic rings. The van der Waals surface area contributed by atoms with Gasteiger partial charge in [-0.3, -0.25) is 0 Å². The molecule has 18 heavy (non-hydrogen) atoms. The number of carbonyl (C=O) groups excluding carboxylic acids is 1. The molecular weight excluding hydrogens is 232 g/mol. The number of nitrogens with zero attached hydrogens (tertiary/aromatic N) is 1. The lowest BCUT2D eigenvalue weighted by atomic mass is 10.1. The molecule has 0 radical (unpaired) electrons. The molecule has 98 valence electrons. The number of nitrogen functional groups attached to an aromatic ring is 1. The van der Waals surface area contributed by atoms with Crippen molar-refractivity contribution in [3.63, 3.8) is 0 Å². The van der Waals surface area contributed by atoms with Gasteiger partial charge in [0.2, 0.25) is 0 Å². The average molecular weight is 250 g/mol. The molecule has 0 spiro atoms. The van der Waals surface area contributed by atoms with Gasteiger partial charge in [-0.2, -0.15) is 0 Å². The standard InChI is InChI=1S/C13H18N2O3/c1-2-18-13(16)10-4-3-5-11(14)12(10)15-6-8-17-9-7-15/h3-5H,2,6-9,14H2,1H3. The highest BCUT2D eigenvalue weighted by atomic mass is 16.5. The second-order valence-corrected chi connectivity index (χ2v) is 4.06. The van der Waals surface area contributed by atoms with Crippen LogP contribution in [0.5, 0.6) is 0 Å². The van der Waals surface area contributed by atoms with Crippen molar-refractivity contribution in [2.24, 2.45) is 0 Å². The maximum Gasteiger partial charge on any atom is 0.340 e. The van der Waals surface area contributed by atoms with Gasteiger partial charge in [-0.15, -0.1) is 0 Å². The Bertz CT molecular complexity index is 428. The molecule has 1 aliphatic heterocycles. The molecule has 1 aromatic carbocycles. The van der Waals surface area contributed by atoms with Gasteiger partial charge in [-0.25, -0.2) is 4.79 Å². The molecule has 0 saturated carbocycles. The van der Waals surface area contributed by atoms with Gasteiger partial charge in [-0.1, -0.05) is 6.07 Å². The highest BCUT2D eigenvalue weighted by molar-refractivity contribution is 5.99. The summed E-state index contributed by atoms with van der Waals surface area (Å²) >= 11 is 0. The van der Waals surface area contributed by atoms with Crippen molar-refractivity contribution in [2.75, 3.05) is 43.5 Å².